The Morgan fingerprint density at radius 1 is 1.40 bits per heavy atom. The topological polar surface area (TPSA) is 112 Å². The number of nitrogens with zero attached hydrogens (tertiary/aromatic N) is 5. The van der Waals surface area contributed by atoms with Crippen LogP contribution >= 0.6 is 0 Å². The summed E-state index contributed by atoms with van der Waals surface area (Å²) in [4.78, 5) is 11.8. The highest BCUT2D eigenvalue weighted by molar-refractivity contribution is 5.92. The van der Waals surface area contributed by atoms with Crippen LogP contribution in [0.4, 0.5) is 0 Å². The number of carbonyl (C=O) groups excluding carboxylic acids is 1. The number of hydrogen-bond donors (Lipinski definition) is 1. The fraction of sp³-hybridized carbons (Fsp3) is 0.182. The smallest absolute Gasteiger partial charge is 0.273 e. The lowest BCUT2D eigenvalue weighted by atomic mass is 10.3. The van der Waals surface area contributed by atoms with Crippen LogP contribution in [-0.2, 0) is 6.54 Å². The minimum Gasteiger partial charge on any atom is -0.461 e. The summed E-state index contributed by atoms with van der Waals surface area (Å²) in [6.07, 6.45) is 2.99. The predicted molar refractivity (Wildman–Crippen MR) is 64.4 cm³/mol. The third kappa shape index (κ3) is 2.55. The van der Waals surface area contributed by atoms with E-state index in [1.54, 1.807) is 12.1 Å². The number of rotatable bonds is 5. The number of tetrazole rings is 1. The average molecular weight is 274 g/mol. The van der Waals surface area contributed by atoms with E-state index in [-0.39, 0.29) is 11.6 Å². The van der Waals surface area contributed by atoms with Crippen LogP contribution in [0.2, 0.25) is 0 Å². The van der Waals surface area contributed by atoms with Gasteiger partial charge in [-0.2, -0.15) is 0 Å². The summed E-state index contributed by atoms with van der Waals surface area (Å²) in [6, 6.07) is 4.97. The van der Waals surface area contributed by atoms with Crippen molar-refractivity contribution in [2.75, 3.05) is 6.54 Å². The van der Waals surface area contributed by atoms with Crippen LogP contribution in [0, 0.1) is 0 Å². The second-order valence-electron chi connectivity index (χ2n) is 3.88. The molecule has 3 aromatic heterocycles. The number of hydrogen-bond acceptors (Lipinski definition) is 7. The van der Waals surface area contributed by atoms with Gasteiger partial charge in [-0.25, -0.2) is 4.68 Å². The van der Waals surface area contributed by atoms with Crippen molar-refractivity contribution in [1.82, 2.24) is 30.7 Å². The largest absolute Gasteiger partial charge is 0.461 e. The van der Waals surface area contributed by atoms with E-state index in [1.165, 1.54) is 23.3 Å². The van der Waals surface area contributed by atoms with E-state index in [4.69, 9.17) is 8.94 Å². The van der Waals surface area contributed by atoms with Crippen LogP contribution in [0.15, 0.2) is 39.7 Å². The van der Waals surface area contributed by atoms with E-state index in [2.05, 4.69) is 26.0 Å². The molecule has 0 fully saturated rings. The van der Waals surface area contributed by atoms with Crippen molar-refractivity contribution in [3.05, 3.63) is 36.5 Å². The summed E-state index contributed by atoms with van der Waals surface area (Å²) < 4.78 is 11.7. The van der Waals surface area contributed by atoms with Crippen molar-refractivity contribution in [2.24, 2.45) is 0 Å². The number of amides is 1. The summed E-state index contributed by atoms with van der Waals surface area (Å²) in [6.45, 7) is 0.856. The first kappa shape index (κ1) is 12.1. The van der Waals surface area contributed by atoms with E-state index in [0.29, 0.717) is 24.6 Å². The molecule has 1 N–H and O–H groups in total. The first-order valence-corrected chi connectivity index (χ1v) is 5.82. The zero-order chi connectivity index (χ0) is 13.8. The third-order valence-corrected chi connectivity index (χ3v) is 2.52. The highest BCUT2D eigenvalue weighted by Gasteiger charge is 2.14. The van der Waals surface area contributed by atoms with Crippen molar-refractivity contribution in [3.8, 4) is 11.5 Å². The normalized spacial score (nSPS) is 10.6. The van der Waals surface area contributed by atoms with Gasteiger partial charge < -0.3 is 14.3 Å². The van der Waals surface area contributed by atoms with Gasteiger partial charge in [0.25, 0.3) is 5.91 Å². The highest BCUT2D eigenvalue weighted by Crippen LogP contribution is 2.20. The maximum absolute atomic E-state index is 11.8. The van der Waals surface area contributed by atoms with Gasteiger partial charge in [0.1, 0.15) is 6.33 Å². The molecule has 1 amide bonds. The van der Waals surface area contributed by atoms with Gasteiger partial charge in [0.2, 0.25) is 5.76 Å². The van der Waals surface area contributed by atoms with Crippen molar-refractivity contribution in [3.63, 3.8) is 0 Å². The molecule has 9 heteroatoms. The minimum atomic E-state index is -0.334. The van der Waals surface area contributed by atoms with E-state index in [9.17, 15) is 4.79 Å². The molecule has 102 valence electrons. The van der Waals surface area contributed by atoms with Gasteiger partial charge in [0.05, 0.1) is 12.8 Å². The molecule has 0 atom stereocenters. The molecule has 0 unspecified atom stereocenters. The lowest BCUT2D eigenvalue weighted by molar-refractivity contribution is 0.0943. The summed E-state index contributed by atoms with van der Waals surface area (Å²) in [5.74, 6) is 0.588. The van der Waals surface area contributed by atoms with Gasteiger partial charge in [-0.3, -0.25) is 4.79 Å². The number of furan rings is 1. The van der Waals surface area contributed by atoms with E-state index in [0.717, 1.165) is 0 Å². The molecule has 0 bridgehead atoms. The Labute approximate surface area is 112 Å². The van der Waals surface area contributed by atoms with Crippen molar-refractivity contribution in [2.45, 2.75) is 6.54 Å². The van der Waals surface area contributed by atoms with Crippen molar-refractivity contribution in [1.29, 1.82) is 0 Å². The van der Waals surface area contributed by atoms with Gasteiger partial charge in [0, 0.05) is 12.6 Å². The quantitative estimate of drug-likeness (QED) is 0.714. The summed E-state index contributed by atoms with van der Waals surface area (Å²) in [7, 11) is 0. The van der Waals surface area contributed by atoms with Gasteiger partial charge >= 0.3 is 0 Å². The second-order valence-corrected chi connectivity index (χ2v) is 3.88. The van der Waals surface area contributed by atoms with E-state index in [1.807, 2.05) is 0 Å². The predicted octanol–water partition coefficient (Wildman–Crippen LogP) is 0.351. The Hall–Kier alpha value is -2.97. The highest BCUT2D eigenvalue weighted by atomic mass is 16.5. The monoisotopic (exact) mass is 274 g/mol. The van der Waals surface area contributed by atoms with Crippen LogP contribution in [0.5, 0.6) is 0 Å². The molecule has 0 aliphatic heterocycles. The first-order chi connectivity index (χ1) is 9.83. The van der Waals surface area contributed by atoms with Gasteiger partial charge in [-0.15, -0.1) is 5.10 Å². The maximum Gasteiger partial charge on any atom is 0.273 e. The molecule has 0 saturated carbocycles. The Morgan fingerprint density at radius 2 is 2.35 bits per heavy atom. The first-order valence-electron chi connectivity index (χ1n) is 5.82. The molecule has 3 heterocycles. The molecule has 0 aliphatic carbocycles. The molecule has 9 nitrogen and oxygen atoms in total. The lowest BCUT2D eigenvalue weighted by Crippen LogP contribution is -2.27. The van der Waals surface area contributed by atoms with Crippen molar-refractivity contribution >= 4 is 5.91 Å². The Bertz CT molecular complexity index is 673. The fourth-order valence-corrected chi connectivity index (χ4v) is 1.57. The van der Waals surface area contributed by atoms with Gasteiger partial charge in [0.15, 0.2) is 11.5 Å². The van der Waals surface area contributed by atoms with Crippen LogP contribution in [-0.4, -0.2) is 37.8 Å². The molecule has 0 aliphatic rings. The Balaban J connectivity index is 1.57. The molecular formula is C11H10N6O3. The number of carbonyl (C=O) groups is 1. The van der Waals surface area contributed by atoms with E-state index < -0.39 is 0 Å². The zero-order valence-electron chi connectivity index (χ0n) is 10.3. The fourth-order valence-electron chi connectivity index (χ4n) is 1.57. The summed E-state index contributed by atoms with van der Waals surface area (Å²) in [5, 5.41) is 17.0. The molecule has 0 spiro atoms. The molecule has 3 aromatic rings. The van der Waals surface area contributed by atoms with Crippen LogP contribution < -0.4 is 5.32 Å². The Kier molecular flexibility index (Phi) is 3.23. The van der Waals surface area contributed by atoms with Crippen LogP contribution in [0.3, 0.4) is 0 Å². The second kappa shape index (κ2) is 5.34. The number of aromatic nitrogens is 5. The SMILES string of the molecule is O=C(NCCn1cnnn1)c1cc(-c2ccco2)on1. The zero-order valence-corrected chi connectivity index (χ0v) is 10.3. The molecule has 0 radical (unpaired) electrons. The van der Waals surface area contributed by atoms with E-state index >= 15 is 0 Å². The molecule has 0 aromatic carbocycles. The van der Waals surface area contributed by atoms with Crippen LogP contribution in [0.25, 0.3) is 11.5 Å². The molecule has 3 rings (SSSR count). The summed E-state index contributed by atoms with van der Waals surface area (Å²) in [5.41, 5.74) is 0.188. The molecule has 0 saturated heterocycles. The van der Waals surface area contributed by atoms with Crippen LogP contribution in [0.1, 0.15) is 10.5 Å². The third-order valence-electron chi connectivity index (χ3n) is 2.52. The summed E-state index contributed by atoms with van der Waals surface area (Å²) >= 11 is 0. The van der Waals surface area contributed by atoms with Crippen molar-refractivity contribution < 1.29 is 13.7 Å². The lowest BCUT2D eigenvalue weighted by Gasteiger charge is -2.01. The molecular weight excluding hydrogens is 264 g/mol. The van der Waals surface area contributed by atoms with Gasteiger partial charge in [-0.1, -0.05) is 5.16 Å². The minimum absolute atomic E-state index is 0.188. The standard InChI is InChI=1S/C11H10N6O3/c18-11(12-3-4-17-7-13-15-16-17)8-6-10(20-14-8)9-2-1-5-19-9/h1-2,5-7H,3-4H2,(H,12,18). The average Bonchev–Trinajstić information content (AvgIpc) is 3.20. The maximum atomic E-state index is 11.8. The number of nitrogens with one attached hydrogen (secondary N) is 1. The Morgan fingerprint density at radius 3 is 3.10 bits per heavy atom. The molecule has 20 heavy (non-hydrogen) atoms. The van der Waals surface area contributed by atoms with Gasteiger partial charge in [-0.05, 0) is 22.6 Å².